The summed E-state index contributed by atoms with van der Waals surface area (Å²) in [4.78, 5) is 38.4. The van der Waals surface area contributed by atoms with Gasteiger partial charge in [0.05, 0.1) is 5.69 Å². The number of nitrogens with one attached hydrogen (secondary N) is 1. The van der Waals surface area contributed by atoms with Gasteiger partial charge in [-0.05, 0) is 42.5 Å². The summed E-state index contributed by atoms with van der Waals surface area (Å²) >= 11 is 0. The number of halogens is 2. The number of benzene rings is 2. The maximum Gasteiger partial charge on any atom is 0.223 e. The molecule has 0 aliphatic carbocycles. The molecule has 6 nitrogen and oxygen atoms in total. The largest absolute Gasteiger partial charge is 0.366 e. The first-order valence-corrected chi connectivity index (χ1v) is 10.9. The van der Waals surface area contributed by atoms with Crippen molar-refractivity contribution in [1.29, 1.82) is 0 Å². The molecular formula is C25H27F2N3O3. The van der Waals surface area contributed by atoms with E-state index in [1.165, 1.54) is 24.8 Å². The Kier molecular flexibility index (Phi) is 7.96. The van der Waals surface area contributed by atoms with Crippen LogP contribution < -0.4 is 10.2 Å². The Labute approximate surface area is 191 Å². The van der Waals surface area contributed by atoms with Crippen LogP contribution in [0.5, 0.6) is 0 Å². The Morgan fingerprint density at radius 3 is 2.42 bits per heavy atom. The monoisotopic (exact) mass is 455 g/mol. The van der Waals surface area contributed by atoms with Crippen LogP contribution in [-0.2, 0) is 14.4 Å². The Balaban J connectivity index is 1.64. The molecule has 2 aromatic carbocycles. The Morgan fingerprint density at radius 1 is 1.12 bits per heavy atom. The number of hydrogen-bond acceptors (Lipinski definition) is 4. The highest BCUT2D eigenvalue weighted by Crippen LogP contribution is 2.34. The van der Waals surface area contributed by atoms with Crippen LogP contribution in [0.3, 0.4) is 0 Å². The van der Waals surface area contributed by atoms with Gasteiger partial charge in [0.1, 0.15) is 23.3 Å². The third-order valence-corrected chi connectivity index (χ3v) is 5.86. The molecule has 3 rings (SSSR count). The van der Waals surface area contributed by atoms with Gasteiger partial charge in [-0.1, -0.05) is 18.2 Å². The molecule has 1 saturated heterocycles. The van der Waals surface area contributed by atoms with Crippen molar-refractivity contribution in [3.8, 4) is 0 Å². The third-order valence-electron chi connectivity index (χ3n) is 5.86. The lowest BCUT2D eigenvalue weighted by Gasteiger charge is -2.35. The first-order chi connectivity index (χ1) is 15.8. The van der Waals surface area contributed by atoms with E-state index in [9.17, 15) is 23.2 Å². The van der Waals surface area contributed by atoms with Gasteiger partial charge in [0.2, 0.25) is 11.8 Å². The average Bonchev–Trinajstić information content (AvgIpc) is 2.78. The molecule has 0 unspecified atom stereocenters. The summed E-state index contributed by atoms with van der Waals surface area (Å²) < 4.78 is 27.4. The highest BCUT2D eigenvalue weighted by atomic mass is 19.1. The molecule has 1 fully saturated rings. The fourth-order valence-corrected chi connectivity index (χ4v) is 4.26. The second kappa shape index (κ2) is 10.9. The Morgan fingerprint density at radius 2 is 1.82 bits per heavy atom. The minimum Gasteiger partial charge on any atom is -0.366 e. The van der Waals surface area contributed by atoms with Crippen LogP contribution in [0.1, 0.15) is 44.6 Å². The zero-order valence-corrected chi connectivity index (χ0v) is 18.7. The van der Waals surface area contributed by atoms with Gasteiger partial charge >= 0.3 is 0 Å². The lowest BCUT2D eigenvalue weighted by atomic mass is 9.88. The maximum atomic E-state index is 14.2. The van der Waals surface area contributed by atoms with Crippen LogP contribution in [0.25, 0.3) is 0 Å². The van der Waals surface area contributed by atoms with E-state index < -0.39 is 17.5 Å². The van der Waals surface area contributed by atoms with Crippen molar-refractivity contribution in [2.24, 2.45) is 0 Å². The molecule has 0 saturated carbocycles. The lowest BCUT2D eigenvalue weighted by molar-refractivity contribution is -0.116. The first-order valence-electron chi connectivity index (χ1n) is 10.9. The molecule has 1 heterocycles. The van der Waals surface area contributed by atoms with Gasteiger partial charge in [-0.15, -0.1) is 0 Å². The molecule has 8 heteroatoms. The van der Waals surface area contributed by atoms with Crippen LogP contribution in [0.15, 0.2) is 48.2 Å². The van der Waals surface area contributed by atoms with Crippen molar-refractivity contribution < 1.29 is 23.2 Å². The zero-order chi connectivity index (χ0) is 24.0. The summed E-state index contributed by atoms with van der Waals surface area (Å²) in [6.45, 7) is 4.09. The molecule has 0 atom stereocenters. The molecule has 33 heavy (non-hydrogen) atoms. The van der Waals surface area contributed by atoms with Gasteiger partial charge in [-0.25, -0.2) is 13.6 Å². The fourth-order valence-electron chi connectivity index (χ4n) is 4.26. The number of piperidine rings is 1. The fraction of sp³-hybridized carbons (Fsp3) is 0.360. The number of para-hydroxylation sites is 1. The topological polar surface area (TPSA) is 69.7 Å². The van der Waals surface area contributed by atoms with Gasteiger partial charge in [-0.2, -0.15) is 0 Å². The summed E-state index contributed by atoms with van der Waals surface area (Å²) in [6, 6.07) is 10.7. The number of carbonyl (C=O) groups excluding carboxylic acids is 3. The number of hydrogen-bond donors (Lipinski definition) is 1. The summed E-state index contributed by atoms with van der Waals surface area (Å²) in [5, 5.41) is 2.87. The van der Waals surface area contributed by atoms with Crippen LogP contribution in [0.4, 0.5) is 20.2 Å². The van der Waals surface area contributed by atoms with Crippen molar-refractivity contribution in [3.63, 3.8) is 0 Å². The van der Waals surface area contributed by atoms with Crippen LogP contribution in [0.2, 0.25) is 0 Å². The van der Waals surface area contributed by atoms with Crippen molar-refractivity contribution >= 4 is 29.1 Å². The molecule has 0 bridgehead atoms. The molecule has 0 spiro atoms. The third kappa shape index (κ3) is 6.05. The van der Waals surface area contributed by atoms with Crippen molar-refractivity contribution in [2.45, 2.75) is 39.0 Å². The summed E-state index contributed by atoms with van der Waals surface area (Å²) in [7, 11) is 0. The second-order valence-corrected chi connectivity index (χ2v) is 8.09. The van der Waals surface area contributed by atoms with E-state index in [0.717, 1.165) is 36.2 Å². The minimum atomic E-state index is -0.833. The van der Waals surface area contributed by atoms with Crippen molar-refractivity contribution in [2.75, 3.05) is 29.9 Å². The van der Waals surface area contributed by atoms with E-state index in [0.29, 0.717) is 18.8 Å². The number of rotatable bonds is 7. The number of anilines is 2. The van der Waals surface area contributed by atoms with Gasteiger partial charge in [0.25, 0.3) is 0 Å². The van der Waals surface area contributed by atoms with E-state index in [1.807, 2.05) is 35.1 Å². The van der Waals surface area contributed by atoms with Gasteiger partial charge in [-0.3, -0.25) is 9.59 Å². The Bertz CT molecular complexity index is 1070. The maximum absolute atomic E-state index is 14.2. The van der Waals surface area contributed by atoms with E-state index in [-0.39, 0.29) is 30.5 Å². The molecule has 0 radical (unpaired) electrons. The zero-order valence-electron chi connectivity index (χ0n) is 18.7. The minimum absolute atomic E-state index is 0.0255. The van der Waals surface area contributed by atoms with E-state index in [2.05, 4.69) is 5.32 Å². The normalized spacial score (nSPS) is 13.9. The Hall–Kier alpha value is -3.51. The van der Waals surface area contributed by atoms with Crippen molar-refractivity contribution in [3.05, 3.63) is 65.4 Å². The molecular weight excluding hydrogens is 428 g/mol. The molecule has 1 aliphatic heterocycles. The molecule has 1 N–H and O–H groups in total. The molecule has 2 amide bonds. The molecule has 174 valence electrons. The number of likely N-dealkylation sites (tertiary alicyclic amines) is 1. The number of carbonyl (C=O) groups is 2. The number of nitrogens with zero attached hydrogens (tertiary/aromatic N) is 2. The highest BCUT2D eigenvalue weighted by Gasteiger charge is 2.25. The molecule has 1 aliphatic rings. The van der Waals surface area contributed by atoms with Crippen LogP contribution in [0, 0.1) is 11.6 Å². The second-order valence-electron chi connectivity index (χ2n) is 8.09. The predicted octanol–water partition coefficient (Wildman–Crippen LogP) is 4.26. The first kappa shape index (κ1) is 24.1. The van der Waals surface area contributed by atoms with Gasteiger partial charge in [0.15, 0.2) is 0 Å². The SMILES string of the molecule is CC(=O)Nc1ccccc1C1CCN(C(=C=O)CCN(C(C)=O)c2ccc(F)cc2F)CC1. The van der Waals surface area contributed by atoms with E-state index in [4.69, 9.17) is 0 Å². The van der Waals surface area contributed by atoms with E-state index >= 15 is 0 Å². The number of amides is 2. The van der Waals surface area contributed by atoms with E-state index in [1.54, 1.807) is 0 Å². The average molecular weight is 456 g/mol. The summed E-state index contributed by atoms with van der Waals surface area (Å²) in [5.41, 5.74) is 2.26. The summed E-state index contributed by atoms with van der Waals surface area (Å²) in [6.07, 6.45) is 1.77. The van der Waals surface area contributed by atoms with Crippen LogP contribution >= 0.6 is 0 Å². The quantitative estimate of drug-likeness (QED) is 0.634. The molecule has 2 aromatic rings. The molecule has 0 aromatic heterocycles. The van der Waals surface area contributed by atoms with Gasteiger partial charge < -0.3 is 15.1 Å². The lowest BCUT2D eigenvalue weighted by Crippen LogP contribution is -2.36. The smallest absolute Gasteiger partial charge is 0.223 e. The van der Waals surface area contributed by atoms with Crippen LogP contribution in [-0.4, -0.2) is 42.3 Å². The predicted molar refractivity (Wildman–Crippen MR) is 123 cm³/mol. The standard InChI is InChI=1S/C25H27F2N3O3/c1-17(32)28-24-6-4-3-5-22(24)19-9-12-29(13-10-19)21(16-31)11-14-30(18(2)33)25-8-7-20(26)15-23(25)27/h3-8,15,19H,9-14H2,1-2H3,(H,28,32). The summed E-state index contributed by atoms with van der Waals surface area (Å²) in [5.74, 6) is 0.124. The van der Waals surface area contributed by atoms with Crippen molar-refractivity contribution in [1.82, 2.24) is 4.90 Å². The van der Waals surface area contributed by atoms with Gasteiger partial charge in [0, 0.05) is 51.7 Å². The highest BCUT2D eigenvalue weighted by molar-refractivity contribution is 5.91.